The van der Waals surface area contributed by atoms with E-state index in [0.29, 0.717) is 5.70 Å². The van der Waals surface area contributed by atoms with Gasteiger partial charge in [-0.2, -0.15) is 0 Å². The average Bonchev–Trinajstić information content (AvgIpc) is 2.62. The molecule has 14 heavy (non-hydrogen) atoms. The minimum atomic E-state index is -0.405. The first-order chi connectivity index (χ1) is 6.77. The SMILES string of the molecule is CC(=O)ONC1=CC=CC2=NONC12. The van der Waals surface area contributed by atoms with Crippen molar-refractivity contribution in [3.63, 3.8) is 0 Å². The Bertz CT molecular complexity index is 346. The van der Waals surface area contributed by atoms with Gasteiger partial charge in [0.15, 0.2) is 0 Å². The van der Waals surface area contributed by atoms with Crippen LogP contribution < -0.4 is 11.0 Å². The Morgan fingerprint density at radius 3 is 3.43 bits per heavy atom. The Labute approximate surface area is 80.1 Å². The van der Waals surface area contributed by atoms with Crippen LogP contribution in [0.25, 0.3) is 0 Å². The quantitative estimate of drug-likeness (QED) is 0.595. The fraction of sp³-hybridized carbons (Fsp3) is 0.250. The molecular formula is C8H9N3O3. The second-order valence-electron chi connectivity index (χ2n) is 2.84. The molecule has 1 unspecified atom stereocenters. The molecule has 1 aliphatic heterocycles. The van der Waals surface area contributed by atoms with Crippen LogP contribution >= 0.6 is 0 Å². The van der Waals surface area contributed by atoms with Crippen LogP contribution in [0.15, 0.2) is 29.1 Å². The zero-order valence-electron chi connectivity index (χ0n) is 7.48. The number of nitrogens with one attached hydrogen (secondary N) is 2. The largest absolute Gasteiger partial charge is 0.344 e. The maximum Gasteiger partial charge on any atom is 0.329 e. The summed E-state index contributed by atoms with van der Waals surface area (Å²) in [5.74, 6) is -0.405. The monoisotopic (exact) mass is 195 g/mol. The van der Waals surface area contributed by atoms with Crippen molar-refractivity contribution in [2.45, 2.75) is 13.0 Å². The molecule has 6 nitrogen and oxygen atoms in total. The third-order valence-electron chi connectivity index (χ3n) is 1.78. The molecule has 6 heteroatoms. The molecule has 1 atom stereocenters. The molecule has 0 saturated heterocycles. The molecule has 0 aromatic carbocycles. The van der Waals surface area contributed by atoms with Crippen LogP contribution in [0, 0.1) is 0 Å². The number of fused-ring (bicyclic) bond motifs is 1. The normalized spacial score (nSPS) is 23.1. The van der Waals surface area contributed by atoms with Crippen LogP contribution in [0.1, 0.15) is 6.92 Å². The molecule has 0 amide bonds. The minimum absolute atomic E-state index is 0.195. The summed E-state index contributed by atoms with van der Waals surface area (Å²) >= 11 is 0. The van der Waals surface area contributed by atoms with Gasteiger partial charge in [0.25, 0.3) is 0 Å². The van der Waals surface area contributed by atoms with Crippen molar-refractivity contribution in [3.05, 3.63) is 23.9 Å². The van der Waals surface area contributed by atoms with Crippen molar-refractivity contribution in [1.82, 2.24) is 11.0 Å². The van der Waals surface area contributed by atoms with Gasteiger partial charge in [0.1, 0.15) is 11.8 Å². The summed E-state index contributed by atoms with van der Waals surface area (Å²) in [5, 5.41) is 3.73. The molecule has 0 radical (unpaired) electrons. The van der Waals surface area contributed by atoms with Crippen molar-refractivity contribution < 1.29 is 14.6 Å². The van der Waals surface area contributed by atoms with Gasteiger partial charge in [0.2, 0.25) is 0 Å². The summed E-state index contributed by atoms with van der Waals surface area (Å²) in [5.41, 5.74) is 6.60. The second-order valence-corrected chi connectivity index (χ2v) is 2.84. The first kappa shape index (κ1) is 8.76. The first-order valence-corrected chi connectivity index (χ1v) is 4.08. The van der Waals surface area contributed by atoms with Gasteiger partial charge >= 0.3 is 5.97 Å². The van der Waals surface area contributed by atoms with Gasteiger partial charge in [-0.3, -0.25) is 9.73 Å². The Kier molecular flexibility index (Phi) is 2.19. The van der Waals surface area contributed by atoms with Crippen LogP contribution in [0.4, 0.5) is 0 Å². The maximum absolute atomic E-state index is 10.6. The highest BCUT2D eigenvalue weighted by molar-refractivity contribution is 6.02. The molecule has 0 aromatic rings. The molecular weight excluding hydrogens is 186 g/mol. The molecule has 74 valence electrons. The Hall–Kier alpha value is -1.82. The number of carbonyl (C=O) groups is 1. The van der Waals surface area contributed by atoms with Crippen LogP contribution in [-0.2, 0) is 14.6 Å². The summed E-state index contributed by atoms with van der Waals surface area (Å²) in [6.07, 6.45) is 5.37. The lowest BCUT2D eigenvalue weighted by Gasteiger charge is -2.16. The highest BCUT2D eigenvalue weighted by Gasteiger charge is 2.27. The molecule has 0 aromatic heterocycles. The molecule has 2 rings (SSSR count). The Morgan fingerprint density at radius 2 is 2.64 bits per heavy atom. The van der Waals surface area contributed by atoms with Crippen LogP contribution in [-0.4, -0.2) is 17.7 Å². The van der Waals surface area contributed by atoms with Gasteiger partial charge in [-0.15, -0.1) is 5.48 Å². The summed E-state index contributed by atoms with van der Waals surface area (Å²) in [7, 11) is 0. The zero-order chi connectivity index (χ0) is 9.97. The summed E-state index contributed by atoms with van der Waals surface area (Å²) in [4.78, 5) is 19.9. The van der Waals surface area contributed by atoms with E-state index in [9.17, 15) is 4.79 Å². The van der Waals surface area contributed by atoms with Gasteiger partial charge in [-0.25, -0.2) is 5.48 Å². The molecule has 0 bridgehead atoms. The summed E-state index contributed by atoms with van der Waals surface area (Å²) in [6.45, 7) is 1.32. The summed E-state index contributed by atoms with van der Waals surface area (Å²) in [6, 6.07) is -0.195. The van der Waals surface area contributed by atoms with Gasteiger partial charge in [-0.1, -0.05) is 11.2 Å². The van der Waals surface area contributed by atoms with E-state index in [0.717, 1.165) is 5.71 Å². The third-order valence-corrected chi connectivity index (χ3v) is 1.78. The first-order valence-electron chi connectivity index (χ1n) is 4.08. The zero-order valence-corrected chi connectivity index (χ0v) is 7.48. The van der Waals surface area contributed by atoms with E-state index in [4.69, 9.17) is 4.94 Å². The topological polar surface area (TPSA) is 72.0 Å². The van der Waals surface area contributed by atoms with E-state index >= 15 is 0 Å². The smallest absolute Gasteiger partial charge is 0.329 e. The number of rotatable bonds is 2. The second kappa shape index (κ2) is 3.51. The molecule has 0 saturated carbocycles. The minimum Gasteiger partial charge on any atom is -0.344 e. The molecule has 2 aliphatic rings. The van der Waals surface area contributed by atoms with Crippen molar-refractivity contribution in [3.8, 4) is 0 Å². The van der Waals surface area contributed by atoms with E-state index in [2.05, 4.69) is 21.0 Å². The lowest BCUT2D eigenvalue weighted by Crippen LogP contribution is -2.38. The highest BCUT2D eigenvalue weighted by Crippen LogP contribution is 2.13. The summed E-state index contributed by atoms with van der Waals surface area (Å²) < 4.78 is 0. The predicted molar refractivity (Wildman–Crippen MR) is 47.6 cm³/mol. The number of carbonyl (C=O) groups excluding carboxylic acids is 1. The van der Waals surface area contributed by atoms with Crippen molar-refractivity contribution in [2.75, 3.05) is 0 Å². The standard InChI is InChI=1S/C8H9N3O3/c1-5(12)13-9-6-3-2-4-7-8(6)11-14-10-7/h2-4,8-9,11H,1H3. The van der Waals surface area contributed by atoms with E-state index in [1.54, 1.807) is 12.2 Å². The number of hydroxylamine groups is 2. The third kappa shape index (κ3) is 1.60. The highest BCUT2D eigenvalue weighted by atomic mass is 16.8. The lowest BCUT2D eigenvalue weighted by molar-refractivity contribution is -0.146. The number of oxime groups is 1. The van der Waals surface area contributed by atoms with Crippen LogP contribution in [0.2, 0.25) is 0 Å². The van der Waals surface area contributed by atoms with Crippen LogP contribution in [0.5, 0.6) is 0 Å². The maximum atomic E-state index is 10.6. The van der Waals surface area contributed by atoms with Crippen molar-refractivity contribution >= 4 is 11.7 Å². The van der Waals surface area contributed by atoms with Gasteiger partial charge in [0.05, 0.1) is 5.70 Å². The predicted octanol–water partition coefficient (Wildman–Crippen LogP) is -0.233. The number of hydrogen-bond donors (Lipinski definition) is 2. The van der Waals surface area contributed by atoms with Gasteiger partial charge in [-0.05, 0) is 12.2 Å². The van der Waals surface area contributed by atoms with Crippen molar-refractivity contribution in [1.29, 1.82) is 0 Å². The number of hydrogen-bond acceptors (Lipinski definition) is 6. The van der Waals surface area contributed by atoms with Crippen LogP contribution in [0.3, 0.4) is 0 Å². The fourth-order valence-electron chi connectivity index (χ4n) is 1.16. The van der Waals surface area contributed by atoms with Gasteiger partial charge < -0.3 is 4.84 Å². The molecule has 2 N–H and O–H groups in total. The van der Waals surface area contributed by atoms with E-state index in [1.807, 2.05) is 6.08 Å². The van der Waals surface area contributed by atoms with Crippen molar-refractivity contribution in [2.24, 2.45) is 5.16 Å². The fourth-order valence-corrected chi connectivity index (χ4v) is 1.16. The number of nitrogens with zero attached hydrogens (tertiary/aromatic N) is 1. The van der Waals surface area contributed by atoms with Gasteiger partial charge in [0, 0.05) is 6.92 Å². The lowest BCUT2D eigenvalue weighted by atomic mass is 10.0. The Balaban J connectivity index is 2.04. The average molecular weight is 195 g/mol. The van der Waals surface area contributed by atoms with E-state index in [-0.39, 0.29) is 6.04 Å². The molecule has 0 fully saturated rings. The molecule has 1 aliphatic carbocycles. The molecule has 1 heterocycles. The molecule has 0 spiro atoms. The number of allylic oxidation sites excluding steroid dienone is 2. The van der Waals surface area contributed by atoms with E-state index in [1.165, 1.54) is 6.92 Å². The Morgan fingerprint density at radius 1 is 1.79 bits per heavy atom. The van der Waals surface area contributed by atoms with E-state index < -0.39 is 5.97 Å².